The van der Waals surface area contributed by atoms with Gasteiger partial charge >= 0.3 is 0 Å². The van der Waals surface area contributed by atoms with E-state index in [-0.39, 0.29) is 0 Å². The van der Waals surface area contributed by atoms with Gasteiger partial charge in [-0.2, -0.15) is 0 Å². The van der Waals surface area contributed by atoms with E-state index in [2.05, 4.69) is 0 Å². The quantitative estimate of drug-likeness (QED) is 0.547. The highest BCUT2D eigenvalue weighted by molar-refractivity contribution is 5.98. The highest BCUT2D eigenvalue weighted by Crippen LogP contribution is 2.25. The van der Waals surface area contributed by atoms with Crippen molar-refractivity contribution < 1.29 is 24.8 Å². The third kappa shape index (κ3) is 1.31. The Morgan fingerprint density at radius 1 is 1.38 bits per heavy atom. The molecule has 0 radical (unpaired) electrons. The fourth-order valence-corrected chi connectivity index (χ4v) is 1.42. The Morgan fingerprint density at radius 2 is 2.06 bits per heavy atom. The Balaban J connectivity index is 3.00. The molecule has 1 aromatic carbocycles. The first kappa shape index (κ1) is 6.08. The van der Waals surface area contributed by atoms with Crippen molar-refractivity contribution in [3.8, 4) is 0 Å². The molecule has 0 aliphatic rings. The third-order valence-corrected chi connectivity index (χ3v) is 2.20. The van der Waals surface area contributed by atoms with Gasteiger partial charge in [-0.25, -0.2) is 13.2 Å². The molecule has 5 heteroatoms. The number of carbonyl (C=O) groups excluding carboxylic acids is 1. The number of benzene rings is 1. The summed E-state index contributed by atoms with van der Waals surface area (Å²) in [6.45, 7) is -3.10. The summed E-state index contributed by atoms with van der Waals surface area (Å²) in [4.78, 5) is 11.8. The normalized spacial score (nSPS) is 16.4. The van der Waals surface area contributed by atoms with Crippen LogP contribution < -0.4 is 0 Å². The van der Waals surface area contributed by atoms with Crippen molar-refractivity contribution >= 4 is 16.7 Å². The molecule has 84 valence electrons. The summed E-state index contributed by atoms with van der Waals surface area (Å²) in [5.74, 6) is -6.91. The Bertz CT molecular complexity index is 730. The van der Waals surface area contributed by atoms with Crippen molar-refractivity contribution in [2.75, 3.05) is 0 Å². The van der Waals surface area contributed by atoms with Crippen molar-refractivity contribution in [1.82, 2.24) is 4.57 Å². The molecular weight excluding hydrogens is 219 g/mol. The second kappa shape index (κ2) is 3.37. The molecule has 0 aliphatic heterocycles. The van der Waals surface area contributed by atoms with Crippen LogP contribution in [-0.4, -0.2) is 10.4 Å². The summed E-state index contributed by atoms with van der Waals surface area (Å²) in [7, 11) is 1.08. The zero-order valence-electron chi connectivity index (χ0n) is 13.0. The van der Waals surface area contributed by atoms with Crippen LogP contribution in [0.1, 0.15) is 24.2 Å². The van der Waals surface area contributed by atoms with E-state index in [0.29, 0.717) is 0 Å². The molecule has 1 aromatic heterocycles. The van der Waals surface area contributed by atoms with Gasteiger partial charge in [-0.1, -0.05) is 0 Å². The van der Waals surface area contributed by atoms with E-state index in [1.165, 1.54) is 0 Å². The van der Waals surface area contributed by atoms with Gasteiger partial charge in [-0.15, -0.1) is 0 Å². The van der Waals surface area contributed by atoms with Gasteiger partial charge in [-0.05, 0) is 6.04 Å². The summed E-state index contributed by atoms with van der Waals surface area (Å²) in [6, 6.07) is -1.94. The van der Waals surface area contributed by atoms with E-state index in [4.69, 9.17) is 6.85 Å². The van der Waals surface area contributed by atoms with Gasteiger partial charge in [0.1, 0.15) is 0 Å². The smallest absolute Gasteiger partial charge is 0.195 e. The maximum absolute atomic E-state index is 13.8. The minimum Gasteiger partial charge on any atom is -0.341 e. The molecule has 0 bridgehead atoms. The minimum atomic E-state index is -3.10. The van der Waals surface area contributed by atoms with Gasteiger partial charge in [0.25, 0.3) is 0 Å². The Kier molecular flexibility index (Phi) is 1.28. The number of hydrogen-bond donors (Lipinski definition) is 0. The molecule has 0 unspecified atom stereocenters. The second-order valence-electron chi connectivity index (χ2n) is 3.15. The molecular formula is C11H8F3NO. The largest absolute Gasteiger partial charge is 0.341 e. The van der Waals surface area contributed by atoms with Gasteiger partial charge < -0.3 is 4.57 Å². The molecule has 0 spiro atoms. The first-order valence-electron chi connectivity index (χ1n) is 6.67. The van der Waals surface area contributed by atoms with Crippen molar-refractivity contribution in [1.29, 1.82) is 0 Å². The van der Waals surface area contributed by atoms with Crippen LogP contribution in [-0.2, 0) is 7.05 Å². The number of hydrogen-bond acceptors (Lipinski definition) is 1. The molecule has 1 heterocycles. The topological polar surface area (TPSA) is 22.0 Å². The number of carbonyl (C=O) groups is 1. The summed E-state index contributed by atoms with van der Waals surface area (Å²) in [5.41, 5.74) is -1.29. The van der Waals surface area contributed by atoms with Crippen LogP contribution in [0.25, 0.3) is 10.9 Å². The summed E-state index contributed by atoms with van der Waals surface area (Å²) in [5, 5.41) is -0.797. The number of fused-ring (bicyclic) bond motifs is 1. The number of rotatable bonds is 1. The second-order valence-corrected chi connectivity index (χ2v) is 3.15. The number of aryl methyl sites for hydroxylation is 1. The van der Waals surface area contributed by atoms with Gasteiger partial charge in [0.2, 0.25) is 0 Å². The van der Waals surface area contributed by atoms with E-state index in [0.717, 1.165) is 11.6 Å². The molecule has 0 atom stereocenters. The number of ketones is 1. The van der Waals surface area contributed by atoms with E-state index in [1.807, 2.05) is 0 Å². The average molecular weight is 232 g/mol. The summed E-state index contributed by atoms with van der Waals surface area (Å²) >= 11 is 0. The van der Waals surface area contributed by atoms with Crippen molar-refractivity contribution in [3.05, 3.63) is 35.2 Å². The van der Waals surface area contributed by atoms with Gasteiger partial charge in [0.15, 0.2) is 23.2 Å². The molecule has 16 heavy (non-hydrogen) atoms. The molecule has 0 saturated heterocycles. The van der Waals surface area contributed by atoms with Crippen molar-refractivity contribution in [2.45, 2.75) is 6.85 Å². The predicted octanol–water partition coefficient (Wildman–Crippen LogP) is 2.80. The van der Waals surface area contributed by atoms with Gasteiger partial charge in [0, 0.05) is 29.4 Å². The van der Waals surface area contributed by atoms with Crippen molar-refractivity contribution in [2.24, 2.45) is 7.05 Å². The standard InChI is InChI=1S/C11H8F3NO/c1-5(16)8-3-6-9(15(8)2)4-7(12)11(14)10(6)13/h3-4H,1-2H3/i1D3,3D,4D. The monoisotopic (exact) mass is 232 g/mol. The molecule has 0 amide bonds. The van der Waals surface area contributed by atoms with Crippen molar-refractivity contribution in [3.63, 3.8) is 0 Å². The van der Waals surface area contributed by atoms with E-state index < -0.39 is 58.8 Å². The molecule has 0 fully saturated rings. The molecule has 0 aliphatic carbocycles. The van der Waals surface area contributed by atoms with Crippen LogP contribution in [0.5, 0.6) is 0 Å². The summed E-state index contributed by atoms with van der Waals surface area (Å²) < 4.78 is 77.4. The maximum atomic E-state index is 13.8. The molecule has 0 N–H and O–H groups in total. The zero-order chi connectivity index (χ0) is 16.3. The fraction of sp³-hybridized carbons (Fsp3) is 0.182. The lowest BCUT2D eigenvalue weighted by Crippen LogP contribution is -2.01. The minimum absolute atomic E-state index is 0.552. The SMILES string of the molecule is [2H]c1c(C(=O)C([2H])([2H])[2H])n(C)c2c([2H])c(F)c(F)c(F)c12. The number of aromatic nitrogens is 1. The van der Waals surface area contributed by atoms with E-state index in [9.17, 15) is 18.0 Å². The number of nitrogens with zero attached hydrogens (tertiary/aromatic N) is 1. The van der Waals surface area contributed by atoms with Crippen LogP contribution >= 0.6 is 0 Å². The van der Waals surface area contributed by atoms with E-state index >= 15 is 0 Å². The average Bonchev–Trinajstić information content (AvgIpc) is 2.63. The third-order valence-electron chi connectivity index (χ3n) is 2.20. The molecule has 2 rings (SSSR count). The predicted molar refractivity (Wildman–Crippen MR) is 52.8 cm³/mol. The van der Waals surface area contributed by atoms with Crippen LogP contribution in [0.3, 0.4) is 0 Å². The van der Waals surface area contributed by atoms with Crippen LogP contribution in [0, 0.1) is 17.5 Å². The zero-order valence-corrected chi connectivity index (χ0v) is 7.99. The first-order valence-corrected chi connectivity index (χ1v) is 4.17. The van der Waals surface area contributed by atoms with Crippen LogP contribution in [0.15, 0.2) is 12.1 Å². The lowest BCUT2D eigenvalue weighted by molar-refractivity contribution is 0.101. The molecule has 2 nitrogen and oxygen atoms in total. The lowest BCUT2D eigenvalue weighted by atomic mass is 10.2. The molecule has 2 aromatic rings. The Labute approximate surface area is 96.3 Å². The van der Waals surface area contributed by atoms with Crippen LogP contribution in [0.4, 0.5) is 13.2 Å². The highest BCUT2D eigenvalue weighted by atomic mass is 19.2. The Morgan fingerprint density at radius 3 is 2.69 bits per heavy atom. The summed E-state index contributed by atoms with van der Waals surface area (Å²) in [6.07, 6.45) is 0. The Hall–Kier alpha value is -1.78. The molecule has 0 saturated carbocycles. The van der Waals surface area contributed by atoms with Gasteiger partial charge in [-0.3, -0.25) is 4.79 Å². The number of halogens is 3. The maximum Gasteiger partial charge on any atom is 0.195 e. The van der Waals surface area contributed by atoms with Crippen LogP contribution in [0.2, 0.25) is 0 Å². The lowest BCUT2D eigenvalue weighted by Gasteiger charge is -2.01. The highest BCUT2D eigenvalue weighted by Gasteiger charge is 2.18. The van der Waals surface area contributed by atoms with Gasteiger partial charge in [0.05, 0.1) is 14.0 Å². The van der Waals surface area contributed by atoms with E-state index in [1.54, 1.807) is 0 Å². The first-order chi connectivity index (χ1) is 9.50. The number of Topliss-reactive ketones (excluding diaryl/α,β-unsaturated/α-hetero) is 1. The fourth-order valence-electron chi connectivity index (χ4n) is 1.42.